The first kappa shape index (κ1) is 12.0. The van der Waals surface area contributed by atoms with Crippen LogP contribution < -0.4 is 11.1 Å². The fraction of sp³-hybridized carbons (Fsp3) is 0.800. The number of likely N-dealkylation sites (tertiary alicyclic amines) is 1. The molecule has 0 aromatic carbocycles. The first-order valence-corrected chi connectivity index (χ1v) is 5.36. The van der Waals surface area contributed by atoms with Crippen molar-refractivity contribution in [2.45, 2.75) is 38.8 Å². The smallest absolute Gasteiger partial charge is 0.239 e. The van der Waals surface area contributed by atoms with E-state index in [2.05, 4.69) is 5.32 Å². The van der Waals surface area contributed by atoms with Crippen LogP contribution in [-0.2, 0) is 9.59 Å². The third kappa shape index (κ3) is 3.20. The van der Waals surface area contributed by atoms with Gasteiger partial charge >= 0.3 is 0 Å². The Labute approximate surface area is 90.0 Å². The predicted octanol–water partition coefficient (Wildman–Crippen LogP) is -0.539. The lowest BCUT2D eigenvalue weighted by atomic mass is 10.2. The molecule has 5 nitrogen and oxygen atoms in total. The summed E-state index contributed by atoms with van der Waals surface area (Å²) in [5, 5.41) is 2.81. The van der Waals surface area contributed by atoms with Gasteiger partial charge in [-0.15, -0.1) is 0 Å². The molecular weight excluding hydrogens is 194 g/mol. The molecule has 1 saturated heterocycles. The molecule has 1 heterocycles. The van der Waals surface area contributed by atoms with Gasteiger partial charge in [0.25, 0.3) is 0 Å². The van der Waals surface area contributed by atoms with Crippen molar-refractivity contribution in [1.29, 1.82) is 0 Å². The Morgan fingerprint density at radius 3 is 2.80 bits per heavy atom. The van der Waals surface area contributed by atoms with Crippen molar-refractivity contribution in [2.24, 2.45) is 5.73 Å². The lowest BCUT2D eigenvalue weighted by Gasteiger charge is -2.20. The normalized spacial score (nSPS) is 22.6. The van der Waals surface area contributed by atoms with Gasteiger partial charge in [0.2, 0.25) is 11.8 Å². The van der Waals surface area contributed by atoms with Gasteiger partial charge in [-0.3, -0.25) is 9.59 Å². The van der Waals surface area contributed by atoms with Crippen molar-refractivity contribution in [2.75, 3.05) is 13.1 Å². The van der Waals surface area contributed by atoms with Crippen LogP contribution in [0.15, 0.2) is 0 Å². The SMILES string of the molecule is CC[C@@H](N)C(=O)N1CCC(NC(C)=O)C1. The maximum Gasteiger partial charge on any atom is 0.239 e. The second-order valence-electron chi connectivity index (χ2n) is 3.99. The fourth-order valence-corrected chi connectivity index (χ4v) is 1.77. The summed E-state index contributed by atoms with van der Waals surface area (Å²) in [6.07, 6.45) is 1.47. The summed E-state index contributed by atoms with van der Waals surface area (Å²) in [4.78, 5) is 24.3. The van der Waals surface area contributed by atoms with E-state index in [0.717, 1.165) is 6.42 Å². The summed E-state index contributed by atoms with van der Waals surface area (Å²) in [7, 11) is 0. The van der Waals surface area contributed by atoms with Crippen molar-refractivity contribution >= 4 is 11.8 Å². The van der Waals surface area contributed by atoms with E-state index in [0.29, 0.717) is 19.5 Å². The summed E-state index contributed by atoms with van der Waals surface area (Å²) < 4.78 is 0. The molecule has 1 aliphatic heterocycles. The minimum absolute atomic E-state index is 0.00893. The van der Waals surface area contributed by atoms with Gasteiger partial charge in [-0.1, -0.05) is 6.92 Å². The standard InChI is InChI=1S/C10H19N3O2/c1-3-9(11)10(15)13-5-4-8(6-13)12-7(2)14/h8-9H,3-6,11H2,1-2H3,(H,12,14)/t8?,9-/m1/s1. The topological polar surface area (TPSA) is 75.4 Å². The molecule has 0 bridgehead atoms. The second-order valence-corrected chi connectivity index (χ2v) is 3.99. The first-order valence-electron chi connectivity index (χ1n) is 5.36. The molecule has 0 aromatic heterocycles. The predicted molar refractivity (Wildman–Crippen MR) is 57.1 cm³/mol. The average molecular weight is 213 g/mol. The molecule has 0 aromatic rings. The minimum atomic E-state index is -0.402. The van der Waals surface area contributed by atoms with E-state index in [9.17, 15) is 9.59 Å². The minimum Gasteiger partial charge on any atom is -0.352 e. The lowest BCUT2D eigenvalue weighted by molar-refractivity contribution is -0.131. The summed E-state index contributed by atoms with van der Waals surface area (Å²) in [5.74, 6) is -0.0561. The summed E-state index contributed by atoms with van der Waals surface area (Å²) in [6.45, 7) is 4.66. The molecular formula is C10H19N3O2. The molecule has 0 radical (unpaired) electrons. The van der Waals surface area contributed by atoms with Crippen LogP contribution in [0.2, 0.25) is 0 Å². The van der Waals surface area contributed by atoms with E-state index in [1.54, 1.807) is 4.90 Å². The van der Waals surface area contributed by atoms with Crippen LogP contribution in [0.25, 0.3) is 0 Å². The van der Waals surface area contributed by atoms with E-state index >= 15 is 0 Å². The highest BCUT2D eigenvalue weighted by molar-refractivity contribution is 5.82. The van der Waals surface area contributed by atoms with Crippen molar-refractivity contribution in [3.63, 3.8) is 0 Å². The van der Waals surface area contributed by atoms with Gasteiger partial charge in [0, 0.05) is 26.1 Å². The molecule has 0 spiro atoms. The molecule has 5 heteroatoms. The van der Waals surface area contributed by atoms with Gasteiger partial charge < -0.3 is 16.0 Å². The summed E-state index contributed by atoms with van der Waals surface area (Å²) in [5.41, 5.74) is 5.66. The molecule has 1 unspecified atom stereocenters. The Bertz CT molecular complexity index is 255. The highest BCUT2D eigenvalue weighted by atomic mass is 16.2. The molecule has 3 N–H and O–H groups in total. The molecule has 1 aliphatic rings. The van der Waals surface area contributed by atoms with E-state index in [4.69, 9.17) is 5.73 Å². The third-order valence-corrected chi connectivity index (χ3v) is 2.66. The van der Waals surface area contributed by atoms with E-state index in [1.165, 1.54) is 6.92 Å². The Morgan fingerprint density at radius 1 is 1.60 bits per heavy atom. The quantitative estimate of drug-likeness (QED) is 0.661. The van der Waals surface area contributed by atoms with Gasteiger partial charge in [0.05, 0.1) is 6.04 Å². The highest BCUT2D eigenvalue weighted by Gasteiger charge is 2.28. The zero-order valence-electron chi connectivity index (χ0n) is 9.32. The monoisotopic (exact) mass is 213 g/mol. The zero-order chi connectivity index (χ0) is 11.4. The molecule has 0 saturated carbocycles. The maximum absolute atomic E-state index is 11.7. The second kappa shape index (κ2) is 5.11. The number of hydrogen-bond donors (Lipinski definition) is 2. The van der Waals surface area contributed by atoms with Crippen molar-refractivity contribution in [3.05, 3.63) is 0 Å². The number of carbonyl (C=O) groups excluding carboxylic acids is 2. The van der Waals surface area contributed by atoms with E-state index in [-0.39, 0.29) is 17.9 Å². The van der Waals surface area contributed by atoms with Gasteiger partial charge in [-0.25, -0.2) is 0 Å². The van der Waals surface area contributed by atoms with E-state index in [1.807, 2.05) is 6.92 Å². The van der Waals surface area contributed by atoms with Crippen LogP contribution in [-0.4, -0.2) is 41.9 Å². The number of rotatable bonds is 3. The summed E-state index contributed by atoms with van der Waals surface area (Å²) >= 11 is 0. The number of nitrogens with one attached hydrogen (secondary N) is 1. The van der Waals surface area contributed by atoms with Crippen molar-refractivity contribution < 1.29 is 9.59 Å². The number of nitrogens with two attached hydrogens (primary N) is 1. The van der Waals surface area contributed by atoms with Crippen LogP contribution in [0.3, 0.4) is 0 Å². The van der Waals surface area contributed by atoms with Gasteiger partial charge in [-0.2, -0.15) is 0 Å². The number of hydrogen-bond acceptors (Lipinski definition) is 3. The zero-order valence-corrected chi connectivity index (χ0v) is 9.32. The van der Waals surface area contributed by atoms with Gasteiger partial charge in [0.15, 0.2) is 0 Å². The lowest BCUT2D eigenvalue weighted by Crippen LogP contribution is -2.44. The Morgan fingerprint density at radius 2 is 2.27 bits per heavy atom. The molecule has 0 aliphatic carbocycles. The maximum atomic E-state index is 11.7. The molecule has 2 amide bonds. The first-order chi connectivity index (χ1) is 7.04. The highest BCUT2D eigenvalue weighted by Crippen LogP contribution is 2.10. The average Bonchev–Trinajstić information content (AvgIpc) is 2.63. The molecule has 2 atom stereocenters. The molecule has 15 heavy (non-hydrogen) atoms. The molecule has 1 rings (SSSR count). The third-order valence-electron chi connectivity index (χ3n) is 2.66. The van der Waals surface area contributed by atoms with Crippen molar-refractivity contribution in [3.8, 4) is 0 Å². The van der Waals surface area contributed by atoms with Crippen LogP contribution in [0.4, 0.5) is 0 Å². The van der Waals surface area contributed by atoms with Crippen molar-refractivity contribution in [1.82, 2.24) is 10.2 Å². The number of amides is 2. The Kier molecular flexibility index (Phi) is 4.08. The van der Waals surface area contributed by atoms with Crippen LogP contribution in [0.5, 0.6) is 0 Å². The van der Waals surface area contributed by atoms with Crippen LogP contribution in [0, 0.1) is 0 Å². The Hall–Kier alpha value is -1.10. The number of carbonyl (C=O) groups is 2. The van der Waals surface area contributed by atoms with Crippen LogP contribution >= 0.6 is 0 Å². The van der Waals surface area contributed by atoms with E-state index < -0.39 is 6.04 Å². The van der Waals surface area contributed by atoms with Gasteiger partial charge in [0.1, 0.15) is 0 Å². The van der Waals surface area contributed by atoms with Gasteiger partial charge in [-0.05, 0) is 12.8 Å². The summed E-state index contributed by atoms with van der Waals surface area (Å²) in [6, 6.07) is -0.309. The molecule has 1 fully saturated rings. The largest absolute Gasteiger partial charge is 0.352 e. The number of nitrogens with zero attached hydrogens (tertiary/aromatic N) is 1. The molecule has 86 valence electrons. The fourth-order valence-electron chi connectivity index (χ4n) is 1.77. The van der Waals surface area contributed by atoms with Crippen LogP contribution in [0.1, 0.15) is 26.7 Å². The Balaban J connectivity index is 2.42.